The summed E-state index contributed by atoms with van der Waals surface area (Å²) in [5.41, 5.74) is -0.0982. The average Bonchev–Trinajstić information content (AvgIpc) is 2.59. The third kappa shape index (κ3) is 5.15. The van der Waals surface area contributed by atoms with Crippen LogP contribution >= 0.6 is 35.1 Å². The number of hydrogen-bond acceptors (Lipinski definition) is 5. The Morgan fingerprint density at radius 2 is 1.88 bits per heavy atom. The Morgan fingerprint density at radius 1 is 1.21 bits per heavy atom. The molecule has 0 saturated carbocycles. The number of thioether (sulfide) groups is 2. The average molecular weight is 383 g/mol. The third-order valence-electron chi connectivity index (χ3n) is 3.12. The summed E-state index contributed by atoms with van der Waals surface area (Å²) >= 11 is 8.83. The molecule has 0 radical (unpaired) electrons. The Morgan fingerprint density at radius 3 is 2.50 bits per heavy atom. The van der Waals surface area contributed by atoms with E-state index in [-0.39, 0.29) is 11.3 Å². The van der Waals surface area contributed by atoms with Gasteiger partial charge >= 0.3 is 0 Å². The molecular formula is C16H15ClN2O3S2. The Hall–Kier alpha value is -1.70. The predicted molar refractivity (Wildman–Crippen MR) is 99.4 cm³/mol. The fraction of sp³-hybridized carbons (Fsp3) is 0.188. The standard InChI is InChI=1S/C16H15ClN2O3S2/c1-23-13-6-7-15(19(21)22)14(10-13)16(20)18-8-9-24-12-4-2-11(17)3-5-12/h2-7,10H,8-9H2,1H3,(H,18,20). The molecule has 1 N–H and O–H groups in total. The minimum absolute atomic E-state index is 0.0864. The molecule has 0 aliphatic carbocycles. The maximum absolute atomic E-state index is 12.2. The number of halogens is 1. The van der Waals surface area contributed by atoms with Crippen molar-refractivity contribution in [1.29, 1.82) is 0 Å². The van der Waals surface area contributed by atoms with Crippen molar-refractivity contribution in [3.63, 3.8) is 0 Å². The molecule has 0 atom stereocenters. The Bertz CT molecular complexity index is 739. The minimum atomic E-state index is -0.540. The molecule has 126 valence electrons. The van der Waals surface area contributed by atoms with Gasteiger partial charge in [0.15, 0.2) is 0 Å². The van der Waals surface area contributed by atoms with Gasteiger partial charge in [-0.1, -0.05) is 11.6 Å². The predicted octanol–water partition coefficient (Wildman–Crippen LogP) is 4.49. The van der Waals surface area contributed by atoms with Gasteiger partial charge in [-0.25, -0.2) is 0 Å². The second kappa shape index (κ2) is 8.96. The molecule has 0 unspecified atom stereocenters. The van der Waals surface area contributed by atoms with Crippen LogP contribution in [0.25, 0.3) is 0 Å². The zero-order valence-electron chi connectivity index (χ0n) is 12.8. The van der Waals surface area contributed by atoms with E-state index in [0.29, 0.717) is 17.3 Å². The Labute approximate surface area is 153 Å². The van der Waals surface area contributed by atoms with Crippen molar-refractivity contribution in [2.45, 2.75) is 9.79 Å². The normalized spacial score (nSPS) is 10.4. The van der Waals surface area contributed by atoms with Crippen molar-refractivity contribution < 1.29 is 9.72 Å². The van der Waals surface area contributed by atoms with E-state index in [9.17, 15) is 14.9 Å². The highest BCUT2D eigenvalue weighted by molar-refractivity contribution is 7.99. The number of nitrogens with zero attached hydrogens (tertiary/aromatic N) is 1. The highest BCUT2D eigenvalue weighted by Gasteiger charge is 2.20. The molecule has 2 aromatic carbocycles. The molecule has 0 spiro atoms. The SMILES string of the molecule is CSc1ccc([N+](=O)[O-])c(C(=O)NCCSc2ccc(Cl)cc2)c1. The Kier molecular flexibility index (Phi) is 6.96. The fourth-order valence-electron chi connectivity index (χ4n) is 1.94. The van der Waals surface area contributed by atoms with E-state index < -0.39 is 10.8 Å². The van der Waals surface area contributed by atoms with Gasteiger partial charge < -0.3 is 5.32 Å². The summed E-state index contributed by atoms with van der Waals surface area (Å²) in [5.74, 6) is 0.220. The third-order valence-corrected chi connectivity index (χ3v) is 5.11. The smallest absolute Gasteiger partial charge is 0.282 e. The first-order valence-electron chi connectivity index (χ1n) is 7.00. The molecule has 8 heteroatoms. The number of nitro benzene ring substituents is 1. The molecule has 0 aromatic heterocycles. The van der Waals surface area contributed by atoms with E-state index in [4.69, 9.17) is 11.6 Å². The van der Waals surface area contributed by atoms with Crippen LogP contribution in [-0.2, 0) is 0 Å². The van der Waals surface area contributed by atoms with Crippen molar-refractivity contribution in [2.24, 2.45) is 0 Å². The molecule has 2 rings (SSSR count). The number of carbonyl (C=O) groups is 1. The van der Waals surface area contributed by atoms with Crippen LogP contribution in [0.4, 0.5) is 5.69 Å². The molecule has 5 nitrogen and oxygen atoms in total. The van der Waals surface area contributed by atoms with Crippen molar-refractivity contribution >= 4 is 46.7 Å². The zero-order valence-corrected chi connectivity index (χ0v) is 15.2. The van der Waals surface area contributed by atoms with Gasteiger partial charge in [0.05, 0.1) is 4.92 Å². The number of benzene rings is 2. The van der Waals surface area contributed by atoms with E-state index in [2.05, 4.69) is 5.32 Å². The molecule has 0 bridgehead atoms. The highest BCUT2D eigenvalue weighted by Crippen LogP contribution is 2.25. The van der Waals surface area contributed by atoms with Crippen molar-refractivity contribution in [3.8, 4) is 0 Å². The van der Waals surface area contributed by atoms with Gasteiger partial charge in [-0.05, 0) is 42.7 Å². The Balaban J connectivity index is 1.94. The molecule has 0 fully saturated rings. The van der Waals surface area contributed by atoms with Crippen LogP contribution in [0.1, 0.15) is 10.4 Å². The molecule has 0 saturated heterocycles. The van der Waals surface area contributed by atoms with Gasteiger partial charge in [0.25, 0.3) is 11.6 Å². The van der Waals surface area contributed by atoms with Crippen LogP contribution in [0.3, 0.4) is 0 Å². The maximum Gasteiger partial charge on any atom is 0.282 e. The van der Waals surface area contributed by atoms with E-state index in [1.54, 1.807) is 36.0 Å². The number of amides is 1. The van der Waals surface area contributed by atoms with E-state index in [0.717, 1.165) is 9.79 Å². The number of carbonyl (C=O) groups excluding carboxylic acids is 1. The monoisotopic (exact) mass is 382 g/mol. The summed E-state index contributed by atoms with van der Waals surface area (Å²) < 4.78 is 0. The molecule has 0 heterocycles. The second-order valence-electron chi connectivity index (χ2n) is 4.70. The summed E-state index contributed by atoms with van der Waals surface area (Å²) in [7, 11) is 0. The van der Waals surface area contributed by atoms with Crippen LogP contribution in [-0.4, -0.2) is 29.4 Å². The van der Waals surface area contributed by atoms with Gasteiger partial charge in [0.2, 0.25) is 0 Å². The summed E-state index contributed by atoms with van der Waals surface area (Å²) in [4.78, 5) is 24.6. The first-order valence-corrected chi connectivity index (χ1v) is 9.59. The first kappa shape index (κ1) is 18.6. The van der Waals surface area contributed by atoms with Gasteiger partial charge in [-0.15, -0.1) is 23.5 Å². The van der Waals surface area contributed by atoms with E-state index >= 15 is 0 Å². The number of hydrogen-bond donors (Lipinski definition) is 1. The summed E-state index contributed by atoms with van der Waals surface area (Å²) in [6.07, 6.45) is 1.85. The maximum atomic E-state index is 12.2. The van der Waals surface area contributed by atoms with Crippen LogP contribution in [0.15, 0.2) is 52.3 Å². The largest absolute Gasteiger partial charge is 0.351 e. The van der Waals surface area contributed by atoms with Crippen molar-refractivity contribution in [2.75, 3.05) is 18.6 Å². The summed E-state index contributed by atoms with van der Waals surface area (Å²) in [6, 6.07) is 12.0. The first-order chi connectivity index (χ1) is 11.5. The van der Waals surface area contributed by atoms with Crippen molar-refractivity contribution in [3.05, 3.63) is 63.2 Å². The van der Waals surface area contributed by atoms with Gasteiger partial charge in [-0.3, -0.25) is 14.9 Å². The van der Waals surface area contributed by atoms with Crippen molar-refractivity contribution in [1.82, 2.24) is 5.32 Å². The summed E-state index contributed by atoms with van der Waals surface area (Å²) in [6.45, 7) is 0.410. The lowest BCUT2D eigenvalue weighted by Gasteiger charge is -2.07. The lowest BCUT2D eigenvalue weighted by Crippen LogP contribution is -2.26. The minimum Gasteiger partial charge on any atom is -0.351 e. The topological polar surface area (TPSA) is 72.2 Å². The quantitative estimate of drug-likeness (QED) is 0.330. The molecule has 24 heavy (non-hydrogen) atoms. The van der Waals surface area contributed by atoms with Gasteiger partial charge in [0, 0.05) is 33.2 Å². The van der Waals surface area contributed by atoms with Gasteiger partial charge in [0.1, 0.15) is 5.56 Å². The zero-order chi connectivity index (χ0) is 17.5. The van der Waals surface area contributed by atoms with E-state index in [1.165, 1.54) is 17.8 Å². The van der Waals surface area contributed by atoms with Crippen LogP contribution in [0, 0.1) is 10.1 Å². The number of nitrogens with one attached hydrogen (secondary N) is 1. The van der Waals surface area contributed by atoms with Crippen LogP contribution in [0.2, 0.25) is 5.02 Å². The van der Waals surface area contributed by atoms with Crippen LogP contribution in [0.5, 0.6) is 0 Å². The molecular weight excluding hydrogens is 368 g/mol. The van der Waals surface area contributed by atoms with Crippen LogP contribution < -0.4 is 5.32 Å². The fourth-order valence-corrected chi connectivity index (χ4v) is 3.28. The molecule has 2 aromatic rings. The number of rotatable bonds is 7. The summed E-state index contributed by atoms with van der Waals surface area (Å²) in [5, 5.41) is 14.5. The lowest BCUT2D eigenvalue weighted by atomic mass is 10.1. The van der Waals surface area contributed by atoms with Gasteiger partial charge in [-0.2, -0.15) is 0 Å². The molecule has 1 amide bonds. The lowest BCUT2D eigenvalue weighted by molar-refractivity contribution is -0.385. The van der Waals surface area contributed by atoms with E-state index in [1.807, 2.05) is 18.4 Å². The highest BCUT2D eigenvalue weighted by atomic mass is 35.5. The second-order valence-corrected chi connectivity index (χ2v) is 7.18. The molecule has 0 aliphatic heterocycles. The number of nitro groups is 1. The molecule has 0 aliphatic rings.